The van der Waals surface area contributed by atoms with Gasteiger partial charge in [-0.3, -0.25) is 10.1 Å². The van der Waals surface area contributed by atoms with Gasteiger partial charge in [-0.15, -0.1) is 5.73 Å². The number of rotatable bonds is 5. The third-order valence-corrected chi connectivity index (χ3v) is 1.08. The summed E-state index contributed by atoms with van der Waals surface area (Å²) >= 11 is 0. The van der Waals surface area contributed by atoms with E-state index in [4.69, 9.17) is 0 Å². The van der Waals surface area contributed by atoms with Gasteiger partial charge in [-0.1, -0.05) is 6.58 Å². The quantitative estimate of drug-likeness (QED) is 0.253. The Labute approximate surface area is 60.2 Å². The van der Waals surface area contributed by atoms with E-state index in [1.807, 2.05) is 0 Å². The van der Waals surface area contributed by atoms with Crippen LogP contribution in [0.3, 0.4) is 0 Å². The Hall–Kier alpha value is -1.08. The average Bonchev–Trinajstić information content (AvgIpc) is 1.87. The Morgan fingerprint density at radius 2 is 2.30 bits per heavy atom. The van der Waals surface area contributed by atoms with Gasteiger partial charge in [0.1, 0.15) is 0 Å². The molecule has 0 aromatic carbocycles. The molecule has 3 heteroatoms. The predicted octanol–water partition coefficient (Wildman–Crippen LogP) is 1.77. The molecule has 0 fully saturated rings. The molecule has 0 aromatic heterocycles. The van der Waals surface area contributed by atoms with Crippen LogP contribution in [-0.2, 0) is 0 Å². The first-order valence-electron chi connectivity index (χ1n) is 3.23. The van der Waals surface area contributed by atoms with Gasteiger partial charge in [0.15, 0.2) is 0 Å². The zero-order valence-electron chi connectivity index (χ0n) is 5.88. The fourth-order valence-electron chi connectivity index (χ4n) is 0.589. The number of hydrogen-bond acceptors (Lipinski definition) is 2. The molecule has 56 valence electrons. The largest absolute Gasteiger partial charge is 0.265 e. The van der Waals surface area contributed by atoms with Gasteiger partial charge in [-0.05, 0) is 18.9 Å². The molecule has 0 atom stereocenters. The third kappa shape index (κ3) is 6.92. The van der Waals surface area contributed by atoms with Gasteiger partial charge >= 0.3 is 0 Å². The first-order chi connectivity index (χ1) is 4.77. The van der Waals surface area contributed by atoms with E-state index in [2.05, 4.69) is 12.3 Å². The fraction of sp³-hybridized carbons (Fsp3) is 0.571. The summed E-state index contributed by atoms with van der Waals surface area (Å²) in [5.74, 6) is 0. The minimum atomic E-state index is -0.294. The minimum absolute atomic E-state index is 0.0744. The van der Waals surface area contributed by atoms with E-state index < -0.39 is 0 Å². The lowest BCUT2D eigenvalue weighted by Crippen LogP contribution is -1.99. The number of nitrogens with zero attached hydrogens (tertiary/aromatic N) is 1. The molecule has 0 rings (SSSR count). The van der Waals surface area contributed by atoms with Crippen LogP contribution in [-0.4, -0.2) is 11.5 Å². The first kappa shape index (κ1) is 8.92. The fourth-order valence-corrected chi connectivity index (χ4v) is 0.589. The highest BCUT2D eigenvalue weighted by molar-refractivity contribution is 4.74. The number of hydrogen-bond donors (Lipinski definition) is 0. The van der Waals surface area contributed by atoms with Gasteiger partial charge in [0.05, 0.1) is 0 Å². The van der Waals surface area contributed by atoms with E-state index in [0.717, 1.165) is 12.8 Å². The molecular weight excluding hydrogens is 130 g/mol. The highest BCUT2D eigenvalue weighted by atomic mass is 16.6. The lowest BCUT2D eigenvalue weighted by Gasteiger charge is -1.89. The van der Waals surface area contributed by atoms with Gasteiger partial charge in [0.25, 0.3) is 0 Å². The van der Waals surface area contributed by atoms with Crippen molar-refractivity contribution in [3.63, 3.8) is 0 Å². The monoisotopic (exact) mass is 141 g/mol. The molecular formula is C7H11NO2. The molecule has 0 heterocycles. The average molecular weight is 141 g/mol. The first-order valence-corrected chi connectivity index (χ1v) is 3.23. The van der Waals surface area contributed by atoms with Crippen molar-refractivity contribution in [2.75, 3.05) is 6.54 Å². The number of allylic oxidation sites excluding steroid dienone is 1. The molecule has 0 spiro atoms. The van der Waals surface area contributed by atoms with Crippen LogP contribution in [0.15, 0.2) is 18.4 Å². The number of nitro groups is 1. The second-order valence-electron chi connectivity index (χ2n) is 1.96. The normalized spacial score (nSPS) is 8.40. The Balaban J connectivity index is 3.05. The molecule has 0 aliphatic carbocycles. The summed E-state index contributed by atoms with van der Waals surface area (Å²) in [6, 6.07) is 0. The van der Waals surface area contributed by atoms with Gasteiger partial charge < -0.3 is 0 Å². The molecule has 0 saturated carbocycles. The van der Waals surface area contributed by atoms with Crippen LogP contribution in [0, 0.1) is 10.1 Å². The van der Waals surface area contributed by atoms with Crippen LogP contribution in [0.2, 0.25) is 0 Å². The smallest absolute Gasteiger partial charge is 0.203 e. The summed E-state index contributed by atoms with van der Waals surface area (Å²) < 4.78 is 0. The molecule has 0 saturated heterocycles. The summed E-state index contributed by atoms with van der Waals surface area (Å²) in [6.45, 7) is 3.45. The summed E-state index contributed by atoms with van der Waals surface area (Å²) in [7, 11) is 0. The van der Waals surface area contributed by atoms with Gasteiger partial charge in [0, 0.05) is 11.3 Å². The molecule has 0 amide bonds. The third-order valence-electron chi connectivity index (χ3n) is 1.08. The van der Waals surface area contributed by atoms with Crippen molar-refractivity contribution in [3.8, 4) is 0 Å². The predicted molar refractivity (Wildman–Crippen MR) is 39.4 cm³/mol. The summed E-state index contributed by atoms with van der Waals surface area (Å²) in [6.07, 6.45) is 4.13. The maximum Gasteiger partial charge on any atom is 0.203 e. The highest BCUT2D eigenvalue weighted by Crippen LogP contribution is 1.94. The molecule has 0 N–H and O–H groups in total. The van der Waals surface area contributed by atoms with Crippen LogP contribution >= 0.6 is 0 Å². The van der Waals surface area contributed by atoms with Crippen molar-refractivity contribution in [2.24, 2.45) is 0 Å². The van der Waals surface area contributed by atoms with Crippen molar-refractivity contribution < 1.29 is 4.92 Å². The molecule has 0 unspecified atom stereocenters. The summed E-state index contributed by atoms with van der Waals surface area (Å²) in [5, 5.41) is 9.80. The minimum Gasteiger partial charge on any atom is -0.265 e. The molecule has 0 radical (unpaired) electrons. The second kappa shape index (κ2) is 6.05. The lowest BCUT2D eigenvalue weighted by atomic mass is 10.2. The lowest BCUT2D eigenvalue weighted by molar-refractivity contribution is -0.480. The maximum absolute atomic E-state index is 9.80. The van der Waals surface area contributed by atoms with E-state index in [0.29, 0.717) is 6.42 Å². The van der Waals surface area contributed by atoms with E-state index in [-0.39, 0.29) is 11.5 Å². The van der Waals surface area contributed by atoms with Gasteiger partial charge in [-0.25, -0.2) is 0 Å². The summed E-state index contributed by atoms with van der Waals surface area (Å²) in [4.78, 5) is 9.51. The standard InChI is InChI=1S/C7H11NO2/c1-2-3-4-5-6-7-8(9)10/h3H,1,4-7H2. The SMILES string of the molecule is C=C=CCCCC[N+](=O)[O-]. The molecule has 0 aliphatic rings. The zero-order valence-corrected chi connectivity index (χ0v) is 5.88. The van der Waals surface area contributed by atoms with Crippen LogP contribution in [0.4, 0.5) is 0 Å². The van der Waals surface area contributed by atoms with Crippen LogP contribution < -0.4 is 0 Å². The Kier molecular flexibility index (Phi) is 5.39. The molecule has 3 nitrogen and oxygen atoms in total. The number of unbranched alkanes of at least 4 members (excludes halogenated alkanes) is 2. The van der Waals surface area contributed by atoms with Crippen molar-refractivity contribution in [1.82, 2.24) is 0 Å². The van der Waals surface area contributed by atoms with Crippen molar-refractivity contribution in [1.29, 1.82) is 0 Å². The Morgan fingerprint density at radius 1 is 1.60 bits per heavy atom. The van der Waals surface area contributed by atoms with E-state index in [1.54, 1.807) is 6.08 Å². The maximum atomic E-state index is 9.80. The van der Waals surface area contributed by atoms with Crippen LogP contribution in [0.1, 0.15) is 19.3 Å². The Bertz CT molecular complexity index is 144. The highest BCUT2D eigenvalue weighted by Gasteiger charge is 1.93. The summed E-state index contributed by atoms with van der Waals surface area (Å²) in [5.41, 5.74) is 2.61. The van der Waals surface area contributed by atoms with E-state index in [9.17, 15) is 10.1 Å². The topological polar surface area (TPSA) is 43.1 Å². The van der Waals surface area contributed by atoms with Crippen molar-refractivity contribution >= 4 is 0 Å². The van der Waals surface area contributed by atoms with E-state index in [1.165, 1.54) is 0 Å². The Morgan fingerprint density at radius 3 is 2.80 bits per heavy atom. The van der Waals surface area contributed by atoms with Crippen molar-refractivity contribution in [3.05, 3.63) is 28.5 Å². The van der Waals surface area contributed by atoms with Crippen molar-refractivity contribution in [2.45, 2.75) is 19.3 Å². The van der Waals surface area contributed by atoms with E-state index >= 15 is 0 Å². The van der Waals surface area contributed by atoms with Crippen LogP contribution in [0.25, 0.3) is 0 Å². The molecule has 0 aromatic rings. The second-order valence-corrected chi connectivity index (χ2v) is 1.96. The van der Waals surface area contributed by atoms with Gasteiger partial charge in [0.2, 0.25) is 6.54 Å². The zero-order chi connectivity index (χ0) is 7.82. The van der Waals surface area contributed by atoms with Gasteiger partial charge in [-0.2, -0.15) is 0 Å². The molecule has 0 bridgehead atoms. The van der Waals surface area contributed by atoms with Crippen LogP contribution in [0.5, 0.6) is 0 Å². The molecule has 0 aliphatic heterocycles. The molecule has 10 heavy (non-hydrogen) atoms.